The molecule has 0 amide bonds. The summed E-state index contributed by atoms with van der Waals surface area (Å²) in [6, 6.07) is 9.75. The van der Waals surface area contributed by atoms with E-state index in [1.54, 1.807) is 18.2 Å². The first-order chi connectivity index (χ1) is 11.8. The van der Waals surface area contributed by atoms with E-state index in [0.29, 0.717) is 21.1 Å². The van der Waals surface area contributed by atoms with Gasteiger partial charge in [-0.3, -0.25) is 4.79 Å². The number of halogens is 3. The molecule has 2 aromatic carbocycles. The molecule has 25 heavy (non-hydrogen) atoms. The minimum absolute atomic E-state index is 0.0593. The molecule has 1 heterocycles. The van der Waals surface area contributed by atoms with Crippen LogP contribution in [0.25, 0.3) is 20.5 Å². The largest absolute Gasteiger partial charge is 0.493 e. The molecule has 0 saturated carbocycles. The van der Waals surface area contributed by atoms with E-state index in [9.17, 15) is 18.0 Å². The van der Waals surface area contributed by atoms with Gasteiger partial charge in [-0.25, -0.2) is 0 Å². The van der Waals surface area contributed by atoms with Crippen molar-refractivity contribution in [1.29, 1.82) is 0 Å². The Bertz CT molecular complexity index is 993. The summed E-state index contributed by atoms with van der Waals surface area (Å²) in [6.45, 7) is 0. The number of methoxy groups -OCH3 is 2. The highest BCUT2D eigenvalue weighted by Crippen LogP contribution is 2.36. The SMILES string of the molecule is COc1ccc(-c2cc(=O)c3cc(C(F)(F)F)ccc3s2)cc1OC. The van der Waals surface area contributed by atoms with Crippen LogP contribution in [0.3, 0.4) is 0 Å². The molecule has 0 N–H and O–H groups in total. The number of rotatable bonds is 3. The van der Waals surface area contributed by atoms with E-state index in [1.807, 2.05) is 0 Å². The predicted octanol–water partition coefficient (Wildman–Crippen LogP) is 4.96. The third-order valence-electron chi connectivity index (χ3n) is 3.72. The van der Waals surface area contributed by atoms with Crippen molar-refractivity contribution in [2.45, 2.75) is 6.18 Å². The van der Waals surface area contributed by atoms with Crippen molar-refractivity contribution in [2.75, 3.05) is 14.2 Å². The summed E-state index contributed by atoms with van der Waals surface area (Å²) in [5.74, 6) is 1.06. The van der Waals surface area contributed by atoms with Gasteiger partial charge in [-0.15, -0.1) is 11.3 Å². The lowest BCUT2D eigenvalue weighted by molar-refractivity contribution is -0.137. The van der Waals surface area contributed by atoms with Gasteiger partial charge in [-0.1, -0.05) is 0 Å². The van der Waals surface area contributed by atoms with Crippen molar-refractivity contribution in [3.63, 3.8) is 0 Å². The first-order valence-corrected chi connectivity index (χ1v) is 8.02. The molecule has 3 nitrogen and oxygen atoms in total. The van der Waals surface area contributed by atoms with Gasteiger partial charge in [0.05, 0.1) is 19.8 Å². The lowest BCUT2D eigenvalue weighted by Crippen LogP contribution is -2.07. The fraction of sp³-hybridized carbons (Fsp3) is 0.167. The molecule has 0 aliphatic heterocycles. The van der Waals surface area contributed by atoms with Crippen LogP contribution in [0.2, 0.25) is 0 Å². The van der Waals surface area contributed by atoms with Gasteiger partial charge in [0.2, 0.25) is 0 Å². The van der Waals surface area contributed by atoms with E-state index in [2.05, 4.69) is 0 Å². The van der Waals surface area contributed by atoms with Crippen LogP contribution >= 0.6 is 11.3 Å². The van der Waals surface area contributed by atoms with Gasteiger partial charge in [0.25, 0.3) is 0 Å². The third kappa shape index (κ3) is 3.32. The summed E-state index contributed by atoms with van der Waals surface area (Å²) in [5.41, 5.74) is -0.561. The van der Waals surface area contributed by atoms with Crippen LogP contribution in [0.1, 0.15) is 5.56 Å². The molecule has 0 atom stereocenters. The Kier molecular flexibility index (Phi) is 4.43. The van der Waals surface area contributed by atoms with Crippen molar-refractivity contribution in [2.24, 2.45) is 0 Å². The van der Waals surface area contributed by atoms with Gasteiger partial charge in [0, 0.05) is 21.0 Å². The summed E-state index contributed by atoms with van der Waals surface area (Å²) >= 11 is 1.24. The van der Waals surface area contributed by atoms with Crippen LogP contribution in [-0.4, -0.2) is 14.2 Å². The Morgan fingerprint density at radius 2 is 1.64 bits per heavy atom. The topological polar surface area (TPSA) is 35.5 Å². The Morgan fingerprint density at radius 1 is 0.920 bits per heavy atom. The minimum Gasteiger partial charge on any atom is -0.493 e. The molecule has 0 spiro atoms. The predicted molar refractivity (Wildman–Crippen MR) is 91.6 cm³/mol. The fourth-order valence-electron chi connectivity index (χ4n) is 2.46. The molecule has 0 aliphatic rings. The van der Waals surface area contributed by atoms with Crippen LogP contribution in [0.15, 0.2) is 47.3 Å². The minimum atomic E-state index is -4.48. The van der Waals surface area contributed by atoms with Crippen LogP contribution in [0, 0.1) is 0 Å². The number of fused-ring (bicyclic) bond motifs is 1. The Balaban J connectivity index is 2.15. The molecule has 0 saturated heterocycles. The average molecular weight is 366 g/mol. The monoisotopic (exact) mass is 366 g/mol. The molecule has 0 unspecified atom stereocenters. The highest BCUT2D eigenvalue weighted by molar-refractivity contribution is 7.21. The zero-order valence-corrected chi connectivity index (χ0v) is 14.1. The third-order valence-corrected chi connectivity index (χ3v) is 4.87. The Labute approximate surface area is 145 Å². The van der Waals surface area contributed by atoms with Crippen LogP contribution in [0.5, 0.6) is 11.5 Å². The second-order valence-electron chi connectivity index (χ2n) is 5.25. The summed E-state index contributed by atoms with van der Waals surface area (Å²) in [4.78, 5) is 13.0. The molecule has 1 aromatic heterocycles. The standard InChI is InChI=1S/C18H13F3O3S/c1-23-14-5-3-10(7-15(14)24-2)17-9-13(22)12-8-11(18(19,20)21)4-6-16(12)25-17/h3-9H,1-2H3. The van der Waals surface area contributed by atoms with Gasteiger partial charge >= 0.3 is 6.18 Å². The van der Waals surface area contributed by atoms with Crippen molar-refractivity contribution in [1.82, 2.24) is 0 Å². The number of benzene rings is 2. The molecule has 0 fully saturated rings. The molecule has 0 bridgehead atoms. The summed E-state index contributed by atoms with van der Waals surface area (Å²) in [6.07, 6.45) is -4.48. The van der Waals surface area contributed by atoms with Gasteiger partial charge in [-0.2, -0.15) is 13.2 Å². The summed E-state index contributed by atoms with van der Waals surface area (Å²) in [7, 11) is 3.02. The quantitative estimate of drug-likeness (QED) is 0.657. The maximum Gasteiger partial charge on any atom is 0.416 e. The van der Waals surface area contributed by atoms with Crippen molar-refractivity contribution in [3.05, 3.63) is 58.3 Å². The molecular weight excluding hydrogens is 353 g/mol. The first-order valence-electron chi connectivity index (χ1n) is 7.21. The second kappa shape index (κ2) is 6.40. The van der Waals surface area contributed by atoms with E-state index in [0.717, 1.165) is 17.7 Å². The number of hydrogen-bond donors (Lipinski definition) is 0. The van der Waals surface area contributed by atoms with Gasteiger partial charge < -0.3 is 9.47 Å². The molecule has 0 radical (unpaired) electrons. The van der Waals surface area contributed by atoms with Crippen LogP contribution in [0.4, 0.5) is 13.2 Å². The van der Waals surface area contributed by atoms with Crippen molar-refractivity contribution in [3.8, 4) is 21.9 Å². The molecular formula is C18H13F3O3S. The van der Waals surface area contributed by atoms with Gasteiger partial charge in [-0.05, 0) is 42.0 Å². The Hall–Kier alpha value is -2.54. The maximum absolute atomic E-state index is 12.8. The van der Waals surface area contributed by atoms with Gasteiger partial charge in [0.1, 0.15) is 0 Å². The van der Waals surface area contributed by atoms with E-state index < -0.39 is 17.2 Å². The van der Waals surface area contributed by atoms with Crippen molar-refractivity contribution < 1.29 is 22.6 Å². The van der Waals surface area contributed by atoms with Crippen LogP contribution in [-0.2, 0) is 6.18 Å². The summed E-state index contributed by atoms with van der Waals surface area (Å²) < 4.78 is 49.4. The smallest absolute Gasteiger partial charge is 0.416 e. The number of ether oxygens (including phenoxy) is 2. The van der Waals surface area contributed by atoms with E-state index in [-0.39, 0.29) is 5.39 Å². The van der Waals surface area contributed by atoms with E-state index >= 15 is 0 Å². The molecule has 130 valence electrons. The molecule has 7 heteroatoms. The van der Waals surface area contributed by atoms with E-state index in [4.69, 9.17) is 9.47 Å². The molecule has 3 aromatic rings. The van der Waals surface area contributed by atoms with Crippen LogP contribution < -0.4 is 14.9 Å². The van der Waals surface area contributed by atoms with Gasteiger partial charge in [0.15, 0.2) is 16.9 Å². The fourth-order valence-corrected chi connectivity index (χ4v) is 3.52. The number of hydrogen-bond acceptors (Lipinski definition) is 4. The Morgan fingerprint density at radius 3 is 2.28 bits per heavy atom. The lowest BCUT2D eigenvalue weighted by Gasteiger charge is -2.10. The molecule has 0 aliphatic carbocycles. The summed E-state index contributed by atoms with van der Waals surface area (Å²) in [5, 5.41) is 0.0593. The number of alkyl halides is 3. The maximum atomic E-state index is 12.8. The normalized spacial score (nSPS) is 11.6. The first kappa shape index (κ1) is 17.3. The van der Waals surface area contributed by atoms with E-state index in [1.165, 1.54) is 37.7 Å². The zero-order valence-electron chi connectivity index (χ0n) is 13.3. The lowest BCUT2D eigenvalue weighted by atomic mass is 10.1. The average Bonchev–Trinajstić information content (AvgIpc) is 2.59. The highest BCUT2D eigenvalue weighted by atomic mass is 32.1. The highest BCUT2D eigenvalue weighted by Gasteiger charge is 2.30. The zero-order chi connectivity index (χ0) is 18.2. The van der Waals surface area contributed by atoms with Crippen molar-refractivity contribution >= 4 is 21.4 Å². The molecule has 3 rings (SSSR count). The second-order valence-corrected chi connectivity index (χ2v) is 6.34.